The Labute approximate surface area is 115 Å². The second kappa shape index (κ2) is 6.05. The van der Waals surface area contributed by atoms with Crippen LogP contribution in [0.4, 0.5) is 5.69 Å². The molecule has 1 N–H and O–H groups in total. The highest BCUT2D eigenvalue weighted by Crippen LogP contribution is 2.40. The second-order valence-corrected chi connectivity index (χ2v) is 4.07. The van der Waals surface area contributed by atoms with Gasteiger partial charge in [0.2, 0.25) is 5.75 Å². The predicted molar refractivity (Wildman–Crippen MR) is 73.0 cm³/mol. The van der Waals surface area contributed by atoms with Crippen molar-refractivity contribution in [1.82, 2.24) is 9.97 Å². The number of nitro benzene ring substituents is 1. The first kappa shape index (κ1) is 13.9. The van der Waals surface area contributed by atoms with Gasteiger partial charge in [-0.3, -0.25) is 10.1 Å². The molecule has 1 aromatic heterocycles. The van der Waals surface area contributed by atoms with E-state index in [9.17, 15) is 10.1 Å². The quantitative estimate of drug-likeness (QED) is 0.647. The van der Waals surface area contributed by atoms with E-state index in [1.165, 1.54) is 13.2 Å². The van der Waals surface area contributed by atoms with Gasteiger partial charge in [-0.25, -0.2) is 4.98 Å². The largest absolute Gasteiger partial charge is 0.493 e. The fourth-order valence-corrected chi connectivity index (χ4v) is 1.78. The van der Waals surface area contributed by atoms with E-state index < -0.39 is 4.92 Å². The summed E-state index contributed by atoms with van der Waals surface area (Å²) in [5, 5.41) is 11.2. The third kappa shape index (κ3) is 2.71. The van der Waals surface area contributed by atoms with Crippen LogP contribution in [0.2, 0.25) is 0 Å². The van der Waals surface area contributed by atoms with Crippen LogP contribution in [0.1, 0.15) is 13.3 Å². The van der Waals surface area contributed by atoms with Crippen molar-refractivity contribution < 1.29 is 14.4 Å². The molecule has 0 saturated heterocycles. The zero-order chi connectivity index (χ0) is 14.5. The van der Waals surface area contributed by atoms with Gasteiger partial charge in [0.15, 0.2) is 5.75 Å². The Hall–Kier alpha value is -2.57. The lowest BCUT2D eigenvalue weighted by Crippen LogP contribution is -2.02. The summed E-state index contributed by atoms with van der Waals surface area (Å²) >= 11 is 0. The average Bonchev–Trinajstić information content (AvgIpc) is 2.98. The van der Waals surface area contributed by atoms with Crippen LogP contribution in [0.25, 0.3) is 11.4 Å². The molecule has 0 aliphatic heterocycles. The van der Waals surface area contributed by atoms with Crippen molar-refractivity contribution in [3.63, 3.8) is 0 Å². The minimum absolute atomic E-state index is 0.135. The van der Waals surface area contributed by atoms with Crippen LogP contribution < -0.4 is 9.47 Å². The number of benzene rings is 1. The first-order valence-corrected chi connectivity index (χ1v) is 6.16. The molecule has 2 aromatic rings. The van der Waals surface area contributed by atoms with E-state index >= 15 is 0 Å². The molecule has 0 saturated carbocycles. The third-order valence-corrected chi connectivity index (χ3v) is 2.67. The summed E-state index contributed by atoms with van der Waals surface area (Å²) in [6, 6.07) is 3.09. The molecular weight excluding hydrogens is 262 g/mol. The number of methoxy groups -OCH3 is 1. The van der Waals surface area contributed by atoms with Crippen molar-refractivity contribution in [3.05, 3.63) is 34.6 Å². The number of nitrogens with zero attached hydrogens (tertiary/aromatic N) is 2. The number of aromatic amines is 1. The average molecular weight is 277 g/mol. The number of hydrogen-bond donors (Lipinski definition) is 1. The molecule has 0 amide bonds. The van der Waals surface area contributed by atoms with Crippen molar-refractivity contribution in [2.45, 2.75) is 13.3 Å². The van der Waals surface area contributed by atoms with Gasteiger partial charge < -0.3 is 14.5 Å². The monoisotopic (exact) mass is 277 g/mol. The number of rotatable bonds is 6. The predicted octanol–water partition coefficient (Wildman–Crippen LogP) is 2.78. The number of ether oxygens (including phenoxy) is 2. The van der Waals surface area contributed by atoms with E-state index in [1.54, 1.807) is 18.5 Å². The fraction of sp³-hybridized carbons (Fsp3) is 0.308. The molecule has 7 heteroatoms. The third-order valence-electron chi connectivity index (χ3n) is 2.67. The van der Waals surface area contributed by atoms with Crippen LogP contribution >= 0.6 is 0 Å². The first-order chi connectivity index (χ1) is 9.67. The summed E-state index contributed by atoms with van der Waals surface area (Å²) in [4.78, 5) is 17.7. The summed E-state index contributed by atoms with van der Waals surface area (Å²) < 4.78 is 10.6. The summed E-state index contributed by atoms with van der Waals surface area (Å²) in [5.41, 5.74) is 0.437. The molecule has 106 valence electrons. The number of nitro groups is 1. The van der Waals surface area contributed by atoms with Crippen LogP contribution in [0.5, 0.6) is 11.5 Å². The maximum atomic E-state index is 11.2. The summed E-state index contributed by atoms with van der Waals surface area (Å²) in [5.74, 6) is 1.00. The highest BCUT2D eigenvalue weighted by molar-refractivity contribution is 5.69. The number of aromatic nitrogens is 2. The molecule has 20 heavy (non-hydrogen) atoms. The van der Waals surface area contributed by atoms with E-state index in [0.29, 0.717) is 23.7 Å². The molecule has 0 aliphatic rings. The molecule has 0 bridgehead atoms. The molecule has 0 atom stereocenters. The fourth-order valence-electron chi connectivity index (χ4n) is 1.78. The Morgan fingerprint density at radius 3 is 2.80 bits per heavy atom. The van der Waals surface area contributed by atoms with Crippen LogP contribution in [-0.4, -0.2) is 28.6 Å². The van der Waals surface area contributed by atoms with E-state index in [2.05, 4.69) is 9.97 Å². The van der Waals surface area contributed by atoms with Gasteiger partial charge in [-0.15, -0.1) is 0 Å². The summed E-state index contributed by atoms with van der Waals surface area (Å²) in [6.45, 7) is 2.31. The lowest BCUT2D eigenvalue weighted by Gasteiger charge is -2.11. The minimum atomic E-state index is -0.486. The second-order valence-electron chi connectivity index (χ2n) is 4.07. The number of H-pyrrole nitrogens is 1. The molecular formula is C13H15N3O4. The van der Waals surface area contributed by atoms with Crippen molar-refractivity contribution in [3.8, 4) is 22.9 Å². The van der Waals surface area contributed by atoms with Crippen LogP contribution in [-0.2, 0) is 0 Å². The normalized spacial score (nSPS) is 10.3. The van der Waals surface area contributed by atoms with Crippen LogP contribution in [0.15, 0.2) is 24.5 Å². The van der Waals surface area contributed by atoms with Gasteiger partial charge in [-0.2, -0.15) is 0 Å². The molecule has 0 spiro atoms. The maximum Gasteiger partial charge on any atom is 0.315 e. The number of nitrogens with one attached hydrogen (secondary N) is 1. The van der Waals surface area contributed by atoms with Crippen LogP contribution in [0, 0.1) is 10.1 Å². The zero-order valence-electron chi connectivity index (χ0n) is 11.3. The van der Waals surface area contributed by atoms with Crippen molar-refractivity contribution in [2.24, 2.45) is 0 Å². The Bertz CT molecular complexity index is 596. The Morgan fingerprint density at radius 1 is 1.45 bits per heavy atom. The van der Waals surface area contributed by atoms with E-state index in [4.69, 9.17) is 9.47 Å². The molecule has 0 fully saturated rings. The van der Waals surface area contributed by atoms with Crippen LogP contribution in [0.3, 0.4) is 0 Å². The summed E-state index contributed by atoms with van der Waals surface area (Å²) in [7, 11) is 1.45. The van der Waals surface area contributed by atoms with Gasteiger partial charge in [-0.1, -0.05) is 6.92 Å². The van der Waals surface area contributed by atoms with Crippen molar-refractivity contribution >= 4 is 5.69 Å². The molecule has 1 heterocycles. The SMILES string of the molecule is CCCOc1c(OC)cc(-c2ncc[nH]2)cc1[N+](=O)[O-]. The van der Waals surface area contributed by atoms with Crippen molar-refractivity contribution in [1.29, 1.82) is 0 Å². The molecule has 0 aliphatic carbocycles. The van der Waals surface area contributed by atoms with E-state index in [0.717, 1.165) is 6.42 Å². The Morgan fingerprint density at radius 2 is 2.25 bits per heavy atom. The zero-order valence-corrected chi connectivity index (χ0v) is 11.3. The maximum absolute atomic E-state index is 11.2. The Balaban J connectivity index is 2.54. The molecule has 7 nitrogen and oxygen atoms in total. The van der Waals surface area contributed by atoms with Gasteiger partial charge in [0.1, 0.15) is 5.82 Å². The lowest BCUT2D eigenvalue weighted by atomic mass is 10.1. The van der Waals surface area contributed by atoms with Gasteiger partial charge >= 0.3 is 5.69 Å². The molecule has 2 rings (SSSR count). The van der Waals surface area contributed by atoms with E-state index in [1.807, 2.05) is 6.92 Å². The number of hydrogen-bond acceptors (Lipinski definition) is 5. The smallest absolute Gasteiger partial charge is 0.315 e. The highest BCUT2D eigenvalue weighted by Gasteiger charge is 2.23. The highest BCUT2D eigenvalue weighted by atomic mass is 16.6. The molecule has 1 aromatic carbocycles. The van der Waals surface area contributed by atoms with Gasteiger partial charge in [0, 0.05) is 24.0 Å². The standard InChI is InChI=1S/C13H15N3O4/c1-3-6-20-12-10(16(17)18)7-9(8-11(12)19-2)13-14-4-5-15-13/h4-5,7-8H,3,6H2,1-2H3,(H,14,15). The van der Waals surface area contributed by atoms with E-state index in [-0.39, 0.29) is 11.4 Å². The summed E-state index contributed by atoms with van der Waals surface area (Å²) in [6.07, 6.45) is 3.98. The first-order valence-electron chi connectivity index (χ1n) is 6.16. The van der Waals surface area contributed by atoms with Gasteiger partial charge in [0.25, 0.3) is 0 Å². The lowest BCUT2D eigenvalue weighted by molar-refractivity contribution is -0.385. The Kier molecular flexibility index (Phi) is 4.19. The topological polar surface area (TPSA) is 90.3 Å². The minimum Gasteiger partial charge on any atom is -0.493 e. The van der Waals surface area contributed by atoms with Gasteiger partial charge in [0.05, 0.1) is 18.6 Å². The van der Waals surface area contributed by atoms with Gasteiger partial charge in [-0.05, 0) is 12.5 Å². The van der Waals surface area contributed by atoms with Crippen molar-refractivity contribution in [2.75, 3.05) is 13.7 Å². The molecule has 0 unspecified atom stereocenters. The molecule has 0 radical (unpaired) electrons. The number of imidazole rings is 1.